The summed E-state index contributed by atoms with van der Waals surface area (Å²) in [5.41, 5.74) is 8.13. The Hall–Kier alpha value is -2.62. The first-order valence-corrected chi connectivity index (χ1v) is 12.3. The van der Waals surface area contributed by atoms with E-state index in [4.69, 9.17) is 9.47 Å². The number of methoxy groups -OCH3 is 1. The summed E-state index contributed by atoms with van der Waals surface area (Å²) in [6.45, 7) is 12.3. The van der Waals surface area contributed by atoms with E-state index in [1.807, 2.05) is 6.07 Å². The molecule has 0 saturated heterocycles. The molecule has 4 rings (SSSR count). The van der Waals surface area contributed by atoms with E-state index < -0.39 is 0 Å². The first-order valence-electron chi connectivity index (χ1n) is 12.3. The summed E-state index contributed by atoms with van der Waals surface area (Å²) in [5, 5.41) is 0. The molecule has 2 aliphatic carbocycles. The monoisotopic (exact) mass is 447 g/mol. The molecule has 0 radical (unpaired) electrons. The first-order chi connectivity index (χ1) is 15.7. The van der Waals surface area contributed by atoms with Crippen LogP contribution in [0.2, 0.25) is 0 Å². The van der Waals surface area contributed by atoms with Gasteiger partial charge in [0.05, 0.1) is 25.0 Å². The number of fused-ring (bicyclic) bond motifs is 1. The maximum atomic E-state index is 11.9. The van der Waals surface area contributed by atoms with Crippen LogP contribution >= 0.6 is 0 Å². The summed E-state index contributed by atoms with van der Waals surface area (Å²) in [5.74, 6) is 0.595. The topological polar surface area (TPSA) is 48.4 Å². The molecule has 2 aliphatic rings. The van der Waals surface area contributed by atoms with Crippen LogP contribution in [0.5, 0.6) is 5.75 Å². The molecule has 33 heavy (non-hydrogen) atoms. The van der Waals surface area contributed by atoms with Crippen molar-refractivity contribution >= 4 is 11.5 Å². The summed E-state index contributed by atoms with van der Waals surface area (Å²) >= 11 is 0. The van der Waals surface area contributed by atoms with Gasteiger partial charge < -0.3 is 9.47 Å². The molecule has 0 unspecified atom stereocenters. The van der Waals surface area contributed by atoms with Crippen LogP contribution < -0.4 is 4.74 Å². The summed E-state index contributed by atoms with van der Waals surface area (Å²) in [4.78, 5) is 16.6. The number of hydrogen-bond acceptors (Lipinski definition) is 4. The van der Waals surface area contributed by atoms with E-state index in [-0.39, 0.29) is 16.8 Å². The zero-order chi connectivity index (χ0) is 23.8. The van der Waals surface area contributed by atoms with E-state index >= 15 is 0 Å². The van der Waals surface area contributed by atoms with Crippen LogP contribution in [0, 0.1) is 0 Å². The lowest BCUT2D eigenvalue weighted by Gasteiger charge is -2.42. The number of carbonyl (C=O) groups is 1. The molecule has 1 aromatic carbocycles. The van der Waals surface area contributed by atoms with Gasteiger partial charge in [0.25, 0.3) is 0 Å². The molecule has 4 heteroatoms. The number of pyridine rings is 1. The van der Waals surface area contributed by atoms with Gasteiger partial charge in [0.2, 0.25) is 0 Å². The van der Waals surface area contributed by atoms with Gasteiger partial charge in [-0.3, -0.25) is 4.98 Å². The van der Waals surface area contributed by atoms with Crippen LogP contribution in [0.15, 0.2) is 36.0 Å². The zero-order valence-electron chi connectivity index (χ0n) is 21.0. The lowest BCUT2D eigenvalue weighted by Crippen LogP contribution is -2.34. The molecule has 0 atom stereocenters. The second-order valence-corrected chi connectivity index (χ2v) is 10.8. The summed E-state index contributed by atoms with van der Waals surface area (Å²) in [7, 11) is 1.39. The summed E-state index contributed by atoms with van der Waals surface area (Å²) in [6, 6.07) is 8.44. The van der Waals surface area contributed by atoms with Crippen LogP contribution in [-0.4, -0.2) is 24.7 Å². The first kappa shape index (κ1) is 23.5. The number of hydrogen-bond donors (Lipinski definition) is 0. The highest BCUT2D eigenvalue weighted by atomic mass is 16.5. The van der Waals surface area contributed by atoms with E-state index in [0.29, 0.717) is 12.2 Å². The molecule has 0 spiro atoms. The molecule has 0 aliphatic heterocycles. The average molecular weight is 448 g/mol. The second-order valence-electron chi connectivity index (χ2n) is 10.8. The summed E-state index contributed by atoms with van der Waals surface area (Å²) in [6.07, 6.45) is 8.25. The molecule has 1 fully saturated rings. The summed E-state index contributed by atoms with van der Waals surface area (Å²) < 4.78 is 11.3. The van der Waals surface area contributed by atoms with Gasteiger partial charge in [0, 0.05) is 17.3 Å². The smallest absolute Gasteiger partial charge is 0.339 e. The van der Waals surface area contributed by atoms with Gasteiger partial charge in [-0.05, 0) is 78.3 Å². The number of allylic oxidation sites excluding steroid dienone is 1. The Kier molecular flexibility index (Phi) is 6.39. The van der Waals surface area contributed by atoms with Gasteiger partial charge in [0.1, 0.15) is 5.75 Å². The molecule has 1 saturated carbocycles. The van der Waals surface area contributed by atoms with Crippen molar-refractivity contribution < 1.29 is 14.3 Å². The maximum Gasteiger partial charge on any atom is 0.339 e. The minimum absolute atomic E-state index is 0.114. The molecule has 0 amide bonds. The van der Waals surface area contributed by atoms with Crippen LogP contribution in [-0.2, 0) is 15.6 Å². The van der Waals surface area contributed by atoms with Gasteiger partial charge in [-0.25, -0.2) is 4.79 Å². The van der Waals surface area contributed by atoms with Gasteiger partial charge >= 0.3 is 5.97 Å². The minimum Gasteiger partial charge on any atom is -0.493 e. The van der Waals surface area contributed by atoms with E-state index in [9.17, 15) is 4.79 Å². The van der Waals surface area contributed by atoms with Gasteiger partial charge in [-0.1, -0.05) is 46.6 Å². The zero-order valence-corrected chi connectivity index (χ0v) is 21.0. The number of rotatable bonds is 7. The van der Waals surface area contributed by atoms with Crippen molar-refractivity contribution in [3.63, 3.8) is 0 Å². The standard InChI is InChI=1S/C29H37NO3/c1-7-8-15-33-25-17-23-22(28(2,3)13-14-29(23,4)5)16-21(25)26(19-9-10-19)24-12-11-20(18-30-24)27(31)32-6/h11-12,16-18H,7-10,13-15H2,1-6H3. The van der Waals surface area contributed by atoms with Crippen LogP contribution in [0.4, 0.5) is 0 Å². The quantitative estimate of drug-likeness (QED) is 0.339. The molecule has 176 valence electrons. The van der Waals surface area contributed by atoms with Gasteiger partial charge in [0.15, 0.2) is 0 Å². The fourth-order valence-corrected chi connectivity index (χ4v) is 4.84. The lowest BCUT2D eigenvalue weighted by atomic mass is 9.62. The Bertz CT molecular complexity index is 1070. The minimum atomic E-state index is -0.365. The van der Waals surface area contributed by atoms with E-state index in [1.165, 1.54) is 42.2 Å². The van der Waals surface area contributed by atoms with E-state index in [2.05, 4.69) is 51.7 Å². The Morgan fingerprint density at radius 3 is 2.24 bits per heavy atom. The number of unbranched alkanes of at least 4 members (excludes halogenated alkanes) is 1. The van der Waals surface area contributed by atoms with Crippen LogP contribution in [0.1, 0.15) is 106 Å². The number of ether oxygens (including phenoxy) is 2. The van der Waals surface area contributed by atoms with Crippen molar-refractivity contribution in [3.8, 4) is 5.75 Å². The van der Waals surface area contributed by atoms with E-state index in [0.717, 1.165) is 42.7 Å². The van der Waals surface area contributed by atoms with Crippen molar-refractivity contribution in [1.82, 2.24) is 4.98 Å². The van der Waals surface area contributed by atoms with Crippen molar-refractivity contribution in [3.05, 3.63) is 64.0 Å². The second kappa shape index (κ2) is 8.96. The number of carbonyl (C=O) groups excluding carboxylic acids is 1. The number of aromatic nitrogens is 1. The Balaban J connectivity index is 1.87. The molecular formula is C29H37NO3. The fraction of sp³-hybridized carbons (Fsp3) is 0.517. The molecule has 2 aromatic rings. The van der Waals surface area contributed by atoms with Crippen molar-refractivity contribution in [2.75, 3.05) is 13.7 Å². The SMILES string of the molecule is CCCCOc1cc2c(cc1C(=C1CC1)c1ccc(C(=O)OC)cn1)C(C)(C)CCC2(C)C. The van der Waals surface area contributed by atoms with Crippen LogP contribution in [0.3, 0.4) is 0 Å². The normalized spacial score (nSPS) is 17.8. The van der Waals surface area contributed by atoms with Crippen LogP contribution in [0.25, 0.3) is 5.57 Å². The third-order valence-corrected chi connectivity index (χ3v) is 7.27. The Morgan fingerprint density at radius 1 is 1.03 bits per heavy atom. The molecular weight excluding hydrogens is 410 g/mol. The number of nitrogens with zero attached hydrogens (tertiary/aromatic N) is 1. The lowest BCUT2D eigenvalue weighted by molar-refractivity contribution is 0.0600. The third kappa shape index (κ3) is 4.71. The molecule has 0 bridgehead atoms. The maximum absolute atomic E-state index is 11.9. The molecule has 4 nitrogen and oxygen atoms in total. The predicted molar refractivity (Wildman–Crippen MR) is 133 cm³/mol. The molecule has 1 heterocycles. The fourth-order valence-electron chi connectivity index (χ4n) is 4.84. The van der Waals surface area contributed by atoms with Gasteiger partial charge in [-0.15, -0.1) is 0 Å². The highest BCUT2D eigenvalue weighted by Crippen LogP contribution is 2.50. The third-order valence-electron chi connectivity index (χ3n) is 7.27. The largest absolute Gasteiger partial charge is 0.493 e. The molecule has 1 aromatic heterocycles. The van der Waals surface area contributed by atoms with E-state index in [1.54, 1.807) is 12.3 Å². The van der Waals surface area contributed by atoms with Crippen molar-refractivity contribution in [2.24, 2.45) is 0 Å². The Morgan fingerprint density at radius 2 is 1.70 bits per heavy atom. The van der Waals surface area contributed by atoms with Gasteiger partial charge in [-0.2, -0.15) is 0 Å². The highest BCUT2D eigenvalue weighted by Gasteiger charge is 2.38. The predicted octanol–water partition coefficient (Wildman–Crippen LogP) is 6.99. The van der Waals surface area contributed by atoms with Crippen molar-refractivity contribution in [1.29, 1.82) is 0 Å². The number of benzene rings is 1. The highest BCUT2D eigenvalue weighted by molar-refractivity contribution is 5.90. The molecule has 0 N–H and O–H groups in total. The number of esters is 1. The van der Waals surface area contributed by atoms with Crippen molar-refractivity contribution in [2.45, 2.75) is 84.0 Å². The average Bonchev–Trinajstić information content (AvgIpc) is 3.63. The Labute approximate surface area is 198 Å².